The van der Waals surface area contributed by atoms with Gasteiger partial charge in [-0.25, -0.2) is 0 Å². The van der Waals surface area contributed by atoms with E-state index in [1.807, 2.05) is 91.9 Å². The third kappa shape index (κ3) is 4.39. The van der Waals surface area contributed by atoms with E-state index in [0.29, 0.717) is 22.9 Å². The molecule has 0 fully saturated rings. The summed E-state index contributed by atoms with van der Waals surface area (Å²) in [4.78, 5) is 12.8. The van der Waals surface area contributed by atoms with Crippen molar-refractivity contribution in [2.75, 3.05) is 5.01 Å². The maximum atomic E-state index is 12.8. The molecule has 1 aliphatic rings. The highest BCUT2D eigenvalue weighted by Crippen LogP contribution is 2.25. The zero-order chi connectivity index (χ0) is 20.2. The second-order valence-electron chi connectivity index (χ2n) is 6.69. The number of nitrogens with zero attached hydrogens (tertiary/aromatic N) is 2. The zero-order valence-corrected chi connectivity index (χ0v) is 16.6. The van der Waals surface area contributed by atoms with Crippen molar-refractivity contribution in [3.05, 3.63) is 101 Å². The largest absolute Gasteiger partial charge is 0.489 e. The van der Waals surface area contributed by atoms with Crippen LogP contribution in [0.15, 0.2) is 89.5 Å². The number of carbonyl (C=O) groups excluding carboxylic acids is 1. The molecule has 0 saturated heterocycles. The minimum atomic E-state index is -0.140. The van der Waals surface area contributed by atoms with Crippen LogP contribution in [0.3, 0.4) is 0 Å². The first-order valence-electron chi connectivity index (χ1n) is 9.24. The van der Waals surface area contributed by atoms with Crippen LogP contribution in [0, 0.1) is 0 Å². The molecule has 4 rings (SSSR count). The number of anilines is 1. The Bertz CT molecular complexity index is 1110. The molecule has 3 aromatic rings. The van der Waals surface area contributed by atoms with Crippen LogP contribution in [0.1, 0.15) is 18.1 Å². The Morgan fingerprint density at radius 1 is 1.00 bits per heavy atom. The number of carbonyl (C=O) groups is 1. The van der Waals surface area contributed by atoms with Gasteiger partial charge in [0.05, 0.1) is 17.0 Å². The fraction of sp³-hybridized carbons (Fsp3) is 0.0833. The molecule has 1 aliphatic heterocycles. The molecule has 0 aliphatic carbocycles. The number of hydrogen-bond donors (Lipinski definition) is 0. The van der Waals surface area contributed by atoms with Crippen molar-refractivity contribution >= 4 is 35.0 Å². The summed E-state index contributed by atoms with van der Waals surface area (Å²) in [7, 11) is 0. The summed E-state index contributed by atoms with van der Waals surface area (Å²) < 4.78 is 5.88. The Labute approximate surface area is 174 Å². The quantitative estimate of drug-likeness (QED) is 0.512. The van der Waals surface area contributed by atoms with Crippen LogP contribution in [0.5, 0.6) is 5.75 Å². The Morgan fingerprint density at radius 3 is 2.59 bits per heavy atom. The molecule has 5 heteroatoms. The SMILES string of the molecule is CC1=NN(c2ccccc2)C(=O)/C1=C/c1cccc(OCc2cccc(Cl)c2)c1. The second-order valence-corrected chi connectivity index (χ2v) is 7.12. The van der Waals surface area contributed by atoms with Gasteiger partial charge in [0.25, 0.3) is 5.91 Å². The molecule has 4 nitrogen and oxygen atoms in total. The molecular weight excluding hydrogens is 384 g/mol. The average molecular weight is 403 g/mol. The van der Waals surface area contributed by atoms with E-state index in [1.165, 1.54) is 5.01 Å². The Hall–Kier alpha value is -3.37. The van der Waals surface area contributed by atoms with Crippen molar-refractivity contribution in [3.8, 4) is 5.75 Å². The second kappa shape index (κ2) is 8.33. The average Bonchev–Trinajstić information content (AvgIpc) is 3.02. The Balaban J connectivity index is 1.52. The van der Waals surface area contributed by atoms with E-state index in [2.05, 4.69) is 5.10 Å². The molecule has 144 valence electrons. The van der Waals surface area contributed by atoms with Crippen molar-refractivity contribution in [2.24, 2.45) is 5.10 Å². The number of rotatable bonds is 5. The summed E-state index contributed by atoms with van der Waals surface area (Å²) in [6.07, 6.45) is 1.84. The number of amides is 1. The molecule has 0 unspecified atom stereocenters. The van der Waals surface area contributed by atoms with Gasteiger partial charge in [0.2, 0.25) is 0 Å². The van der Waals surface area contributed by atoms with Gasteiger partial charge in [-0.3, -0.25) is 4.79 Å². The monoisotopic (exact) mass is 402 g/mol. The highest BCUT2D eigenvalue weighted by atomic mass is 35.5. The lowest BCUT2D eigenvalue weighted by molar-refractivity contribution is -0.114. The minimum absolute atomic E-state index is 0.140. The van der Waals surface area contributed by atoms with Crippen molar-refractivity contribution in [1.29, 1.82) is 0 Å². The van der Waals surface area contributed by atoms with Gasteiger partial charge in [0, 0.05) is 5.02 Å². The number of benzene rings is 3. The van der Waals surface area contributed by atoms with Gasteiger partial charge in [0.1, 0.15) is 12.4 Å². The molecule has 0 radical (unpaired) electrons. The molecule has 0 aromatic heterocycles. The summed E-state index contributed by atoms with van der Waals surface area (Å²) in [5.41, 5.74) is 3.87. The molecule has 0 saturated carbocycles. The van der Waals surface area contributed by atoms with Crippen LogP contribution in [-0.4, -0.2) is 11.6 Å². The molecule has 3 aromatic carbocycles. The van der Waals surface area contributed by atoms with Gasteiger partial charge in [-0.15, -0.1) is 0 Å². The number of hydrazone groups is 1. The summed E-state index contributed by atoms with van der Waals surface area (Å²) in [6, 6.07) is 24.6. The number of ether oxygens (including phenoxy) is 1. The number of para-hydroxylation sites is 1. The summed E-state index contributed by atoms with van der Waals surface area (Å²) >= 11 is 6.02. The molecule has 1 amide bonds. The number of halogens is 1. The Morgan fingerprint density at radius 2 is 1.79 bits per heavy atom. The lowest BCUT2D eigenvalue weighted by Gasteiger charge is -2.11. The molecule has 29 heavy (non-hydrogen) atoms. The molecule has 1 heterocycles. The highest BCUT2D eigenvalue weighted by Gasteiger charge is 2.28. The van der Waals surface area contributed by atoms with Crippen molar-refractivity contribution in [1.82, 2.24) is 0 Å². The normalized spacial score (nSPS) is 15.0. The lowest BCUT2D eigenvalue weighted by Crippen LogP contribution is -2.21. The fourth-order valence-corrected chi connectivity index (χ4v) is 3.30. The topological polar surface area (TPSA) is 41.9 Å². The molecule has 0 N–H and O–H groups in total. The first-order valence-corrected chi connectivity index (χ1v) is 9.62. The van der Waals surface area contributed by atoms with Gasteiger partial charge in [-0.1, -0.05) is 54.1 Å². The molecule has 0 atom stereocenters. The highest BCUT2D eigenvalue weighted by molar-refractivity contribution is 6.32. The van der Waals surface area contributed by atoms with Crippen LogP contribution in [0.2, 0.25) is 5.02 Å². The first-order chi connectivity index (χ1) is 14.1. The summed E-state index contributed by atoms with van der Waals surface area (Å²) in [5.74, 6) is 0.582. The number of hydrogen-bond acceptors (Lipinski definition) is 3. The third-order valence-electron chi connectivity index (χ3n) is 4.53. The van der Waals surface area contributed by atoms with Crippen LogP contribution in [0.25, 0.3) is 6.08 Å². The van der Waals surface area contributed by atoms with E-state index in [-0.39, 0.29) is 5.91 Å². The van der Waals surface area contributed by atoms with E-state index in [0.717, 1.165) is 22.6 Å². The van der Waals surface area contributed by atoms with E-state index in [9.17, 15) is 4.79 Å². The first kappa shape index (κ1) is 19.0. The standard InChI is InChI=1S/C24H19ClN2O2/c1-17-23(24(28)27(26-17)21-10-3-2-4-11-21)15-18-7-6-12-22(14-18)29-16-19-8-5-9-20(25)13-19/h2-15H,16H2,1H3/b23-15+. The molecule has 0 spiro atoms. The van der Waals surface area contributed by atoms with Crippen molar-refractivity contribution < 1.29 is 9.53 Å². The van der Waals surface area contributed by atoms with Crippen LogP contribution >= 0.6 is 11.6 Å². The van der Waals surface area contributed by atoms with Gasteiger partial charge >= 0.3 is 0 Å². The smallest absolute Gasteiger partial charge is 0.280 e. The van der Waals surface area contributed by atoms with Gasteiger partial charge in [0.15, 0.2) is 0 Å². The maximum Gasteiger partial charge on any atom is 0.280 e. The van der Waals surface area contributed by atoms with Gasteiger partial charge in [-0.2, -0.15) is 10.1 Å². The molecule has 0 bridgehead atoms. The maximum absolute atomic E-state index is 12.8. The van der Waals surface area contributed by atoms with Gasteiger partial charge in [-0.05, 0) is 60.5 Å². The van der Waals surface area contributed by atoms with Crippen molar-refractivity contribution in [3.63, 3.8) is 0 Å². The molecular formula is C24H19ClN2O2. The van der Waals surface area contributed by atoms with E-state index >= 15 is 0 Å². The van der Waals surface area contributed by atoms with Crippen LogP contribution < -0.4 is 9.75 Å². The zero-order valence-electron chi connectivity index (χ0n) is 15.9. The minimum Gasteiger partial charge on any atom is -0.489 e. The van der Waals surface area contributed by atoms with Crippen LogP contribution in [0.4, 0.5) is 5.69 Å². The lowest BCUT2D eigenvalue weighted by atomic mass is 10.1. The van der Waals surface area contributed by atoms with E-state index < -0.39 is 0 Å². The predicted octanol–water partition coefficient (Wildman–Crippen LogP) is 5.73. The summed E-state index contributed by atoms with van der Waals surface area (Å²) in [5, 5.41) is 6.53. The van der Waals surface area contributed by atoms with E-state index in [4.69, 9.17) is 16.3 Å². The van der Waals surface area contributed by atoms with Crippen LogP contribution in [-0.2, 0) is 11.4 Å². The third-order valence-corrected chi connectivity index (χ3v) is 4.76. The Kier molecular flexibility index (Phi) is 5.45. The van der Waals surface area contributed by atoms with Gasteiger partial charge < -0.3 is 4.74 Å². The fourth-order valence-electron chi connectivity index (χ4n) is 3.08. The predicted molar refractivity (Wildman–Crippen MR) is 117 cm³/mol. The van der Waals surface area contributed by atoms with Crippen molar-refractivity contribution in [2.45, 2.75) is 13.5 Å². The van der Waals surface area contributed by atoms with E-state index in [1.54, 1.807) is 0 Å². The summed E-state index contributed by atoms with van der Waals surface area (Å²) in [6.45, 7) is 2.26.